The predicted molar refractivity (Wildman–Crippen MR) is 69.2 cm³/mol. The highest BCUT2D eigenvalue weighted by molar-refractivity contribution is 7.99. The van der Waals surface area contributed by atoms with E-state index in [4.69, 9.17) is 10.5 Å². The Balaban J connectivity index is 2.21. The van der Waals surface area contributed by atoms with E-state index in [-0.39, 0.29) is 0 Å². The molecule has 1 aromatic carbocycles. The van der Waals surface area contributed by atoms with Crippen LogP contribution in [0.2, 0.25) is 0 Å². The Kier molecular flexibility index (Phi) is 4.27. The zero-order chi connectivity index (χ0) is 11.4. The fourth-order valence-corrected chi connectivity index (χ4v) is 3.16. The summed E-state index contributed by atoms with van der Waals surface area (Å²) in [6.45, 7) is 1.36. The van der Waals surface area contributed by atoms with Gasteiger partial charge in [-0.05, 0) is 35.8 Å². The van der Waals surface area contributed by atoms with E-state index in [1.54, 1.807) is 7.11 Å². The van der Waals surface area contributed by atoms with Crippen LogP contribution in [0.15, 0.2) is 23.1 Å². The van der Waals surface area contributed by atoms with E-state index in [9.17, 15) is 0 Å². The number of methoxy groups -OCH3 is 1. The Morgan fingerprint density at radius 2 is 2.38 bits per heavy atom. The molecular weight excluding hydrogens is 218 g/mol. The first kappa shape index (κ1) is 12.0. The summed E-state index contributed by atoms with van der Waals surface area (Å²) >= 11 is 1.97. The summed E-state index contributed by atoms with van der Waals surface area (Å²) in [5.41, 5.74) is 8.60. The molecule has 0 fully saturated rings. The quantitative estimate of drug-likeness (QED) is 0.873. The topological polar surface area (TPSA) is 35.2 Å². The Morgan fingerprint density at radius 3 is 3.12 bits per heavy atom. The highest BCUT2D eigenvalue weighted by Gasteiger charge is 2.14. The molecule has 0 aromatic heterocycles. The van der Waals surface area contributed by atoms with Crippen molar-refractivity contribution in [3.8, 4) is 0 Å². The van der Waals surface area contributed by atoms with Crippen LogP contribution in [0.3, 0.4) is 0 Å². The molecule has 1 aliphatic rings. The second kappa shape index (κ2) is 5.71. The minimum Gasteiger partial charge on any atom is -0.384 e. The van der Waals surface area contributed by atoms with Crippen LogP contribution < -0.4 is 5.73 Å². The number of rotatable bonds is 4. The molecule has 1 unspecified atom stereocenters. The first-order valence-corrected chi connectivity index (χ1v) is 6.78. The van der Waals surface area contributed by atoms with Gasteiger partial charge in [0.1, 0.15) is 0 Å². The molecule has 0 radical (unpaired) electrons. The number of thioether (sulfide) groups is 1. The van der Waals surface area contributed by atoms with E-state index < -0.39 is 0 Å². The van der Waals surface area contributed by atoms with Crippen molar-refractivity contribution in [1.29, 1.82) is 0 Å². The van der Waals surface area contributed by atoms with E-state index in [0.29, 0.717) is 19.1 Å². The molecule has 0 saturated heterocycles. The van der Waals surface area contributed by atoms with Gasteiger partial charge in [-0.15, -0.1) is 11.8 Å². The van der Waals surface area contributed by atoms with Crippen LogP contribution in [0.5, 0.6) is 0 Å². The number of aryl methyl sites for hydroxylation is 1. The number of nitrogens with two attached hydrogens (primary N) is 1. The number of benzene rings is 1. The highest BCUT2D eigenvalue weighted by Crippen LogP contribution is 2.32. The monoisotopic (exact) mass is 237 g/mol. The second-order valence-electron chi connectivity index (χ2n) is 4.21. The average molecular weight is 237 g/mol. The van der Waals surface area contributed by atoms with Crippen molar-refractivity contribution in [1.82, 2.24) is 0 Å². The minimum atomic E-state index is 0.335. The molecule has 2 N–H and O–H groups in total. The van der Waals surface area contributed by atoms with Crippen LogP contribution in [-0.4, -0.2) is 26.0 Å². The van der Waals surface area contributed by atoms with E-state index in [1.807, 2.05) is 11.8 Å². The summed E-state index contributed by atoms with van der Waals surface area (Å²) in [5.74, 6) is 1.59. The van der Waals surface area contributed by atoms with Gasteiger partial charge in [0.15, 0.2) is 0 Å². The molecule has 88 valence electrons. The summed E-state index contributed by atoms with van der Waals surface area (Å²) in [6, 6.07) is 6.76. The summed E-state index contributed by atoms with van der Waals surface area (Å²) in [6.07, 6.45) is 2.50. The first-order chi connectivity index (χ1) is 7.85. The van der Waals surface area contributed by atoms with Crippen molar-refractivity contribution >= 4 is 11.8 Å². The Hall–Kier alpha value is -0.510. The number of hydrogen-bond donors (Lipinski definition) is 1. The van der Waals surface area contributed by atoms with Crippen LogP contribution >= 0.6 is 11.8 Å². The summed E-state index contributed by atoms with van der Waals surface area (Å²) in [4.78, 5) is 1.45. The third-order valence-electron chi connectivity index (χ3n) is 3.06. The fraction of sp³-hybridized carbons (Fsp3) is 0.538. The Morgan fingerprint density at radius 1 is 1.50 bits per heavy atom. The summed E-state index contributed by atoms with van der Waals surface area (Å²) in [5, 5.41) is 0. The normalized spacial score (nSPS) is 16.9. The lowest BCUT2D eigenvalue weighted by molar-refractivity contribution is 0.181. The molecule has 0 bridgehead atoms. The molecule has 0 amide bonds. The van der Waals surface area contributed by atoms with Gasteiger partial charge in [-0.3, -0.25) is 0 Å². The smallest absolute Gasteiger partial charge is 0.0543 e. The zero-order valence-corrected chi connectivity index (χ0v) is 10.6. The predicted octanol–water partition coefficient (Wildman–Crippen LogP) is 2.41. The third kappa shape index (κ3) is 2.59. The molecule has 0 saturated carbocycles. The van der Waals surface area contributed by atoms with Crippen molar-refractivity contribution in [2.45, 2.75) is 23.7 Å². The van der Waals surface area contributed by atoms with Crippen molar-refractivity contribution in [3.05, 3.63) is 29.3 Å². The average Bonchev–Trinajstić information content (AvgIpc) is 2.35. The molecule has 1 atom stereocenters. The molecule has 0 aliphatic carbocycles. The van der Waals surface area contributed by atoms with Gasteiger partial charge in [0.25, 0.3) is 0 Å². The van der Waals surface area contributed by atoms with Crippen LogP contribution in [0.4, 0.5) is 0 Å². The molecule has 2 nitrogen and oxygen atoms in total. The highest BCUT2D eigenvalue weighted by atomic mass is 32.2. The standard InChI is InChI=1S/C13H19NOS/c1-15-9-12(8-14)10-4-5-13-11(7-10)3-2-6-16-13/h4-5,7,12H,2-3,6,8-9,14H2,1H3. The third-order valence-corrected chi connectivity index (χ3v) is 4.26. The lowest BCUT2D eigenvalue weighted by Gasteiger charge is -2.19. The van der Waals surface area contributed by atoms with Crippen molar-refractivity contribution in [2.24, 2.45) is 5.73 Å². The lowest BCUT2D eigenvalue weighted by atomic mass is 9.96. The number of ether oxygens (including phenoxy) is 1. The first-order valence-electron chi connectivity index (χ1n) is 5.79. The van der Waals surface area contributed by atoms with Gasteiger partial charge in [-0.25, -0.2) is 0 Å². The van der Waals surface area contributed by atoms with Gasteiger partial charge in [-0.2, -0.15) is 0 Å². The van der Waals surface area contributed by atoms with Crippen LogP contribution in [-0.2, 0) is 11.2 Å². The summed E-state index contributed by atoms with van der Waals surface area (Å²) < 4.78 is 5.21. The summed E-state index contributed by atoms with van der Waals surface area (Å²) in [7, 11) is 1.73. The molecule has 0 spiro atoms. The van der Waals surface area contributed by atoms with E-state index in [0.717, 1.165) is 0 Å². The van der Waals surface area contributed by atoms with Gasteiger partial charge in [0, 0.05) is 24.5 Å². The van der Waals surface area contributed by atoms with Gasteiger partial charge in [0.2, 0.25) is 0 Å². The second-order valence-corrected chi connectivity index (χ2v) is 5.34. The Bertz CT molecular complexity index is 354. The number of fused-ring (bicyclic) bond motifs is 1. The van der Waals surface area contributed by atoms with E-state index in [2.05, 4.69) is 18.2 Å². The van der Waals surface area contributed by atoms with Gasteiger partial charge < -0.3 is 10.5 Å². The van der Waals surface area contributed by atoms with Gasteiger partial charge >= 0.3 is 0 Å². The minimum absolute atomic E-state index is 0.335. The maximum Gasteiger partial charge on any atom is 0.0543 e. The fourth-order valence-electron chi connectivity index (χ4n) is 2.14. The molecule has 2 rings (SSSR count). The molecule has 1 aliphatic heterocycles. The SMILES string of the molecule is COCC(CN)c1ccc2c(c1)CCCS2. The van der Waals surface area contributed by atoms with Crippen LogP contribution in [0.1, 0.15) is 23.5 Å². The van der Waals surface area contributed by atoms with Crippen molar-refractivity contribution < 1.29 is 4.74 Å². The molecule has 16 heavy (non-hydrogen) atoms. The lowest BCUT2D eigenvalue weighted by Crippen LogP contribution is -2.17. The van der Waals surface area contributed by atoms with Crippen LogP contribution in [0.25, 0.3) is 0 Å². The maximum atomic E-state index is 5.78. The van der Waals surface area contributed by atoms with Crippen LogP contribution in [0, 0.1) is 0 Å². The number of hydrogen-bond acceptors (Lipinski definition) is 3. The maximum absolute atomic E-state index is 5.78. The van der Waals surface area contributed by atoms with E-state index in [1.165, 1.54) is 34.6 Å². The van der Waals surface area contributed by atoms with Crippen molar-refractivity contribution in [2.75, 3.05) is 26.0 Å². The largest absolute Gasteiger partial charge is 0.384 e. The molecule has 1 aromatic rings. The van der Waals surface area contributed by atoms with Crippen molar-refractivity contribution in [3.63, 3.8) is 0 Å². The van der Waals surface area contributed by atoms with E-state index >= 15 is 0 Å². The molecular formula is C13H19NOS. The Labute approximate surface area is 102 Å². The van der Waals surface area contributed by atoms with Gasteiger partial charge in [0.05, 0.1) is 6.61 Å². The zero-order valence-electron chi connectivity index (χ0n) is 9.74. The molecule has 1 heterocycles. The molecule has 3 heteroatoms. The van der Waals surface area contributed by atoms with Gasteiger partial charge in [-0.1, -0.05) is 12.1 Å².